The van der Waals surface area contributed by atoms with Gasteiger partial charge in [0.2, 0.25) is 11.8 Å². The van der Waals surface area contributed by atoms with Crippen molar-refractivity contribution in [3.63, 3.8) is 0 Å². The molecular weight excluding hydrogens is 536 g/mol. The maximum Gasteiger partial charge on any atom is 0.322 e. The summed E-state index contributed by atoms with van der Waals surface area (Å²) < 4.78 is 0. The smallest absolute Gasteiger partial charge is 0.322 e. The quantitative estimate of drug-likeness (QED) is 0.232. The molecule has 2 aromatic rings. The van der Waals surface area contributed by atoms with Gasteiger partial charge >= 0.3 is 12.1 Å². The second-order valence-corrected chi connectivity index (χ2v) is 11.4. The van der Waals surface area contributed by atoms with Crippen LogP contribution in [-0.2, 0) is 16.0 Å². The molecule has 42 heavy (non-hydrogen) atoms. The van der Waals surface area contributed by atoms with Crippen LogP contribution in [0.25, 0.3) is 0 Å². The number of para-hydroxylation sites is 1. The summed E-state index contributed by atoms with van der Waals surface area (Å²) in [6.07, 6.45) is 0.240. The lowest BCUT2D eigenvalue weighted by molar-refractivity contribution is -0.128. The van der Waals surface area contributed by atoms with E-state index in [1.54, 1.807) is 36.2 Å². The average molecular weight is 583 g/mol. The standard InChI is InChI=1S/C31H46N6O5/c1-6-7-18-37(30(42)35-31(2,3)4)21-26(38)24(19-22-14-10-8-11-15-22)33-28(40)25(20-27(32)39)34-29(41)36(5)23-16-12-9-13-17-23/h8-17,24-26,38H,6-7,18-21H2,1-5H3,(H2,32,39)(H,33,40)(H,34,41)(H,35,42)/t24-,25?,26?/m0/s1. The highest BCUT2D eigenvalue weighted by Crippen LogP contribution is 2.13. The normalized spacial score (nSPS) is 13.3. The first kappa shape index (κ1) is 34.1. The first-order valence-corrected chi connectivity index (χ1v) is 14.3. The van der Waals surface area contributed by atoms with E-state index in [4.69, 9.17) is 5.73 Å². The first-order chi connectivity index (χ1) is 19.8. The highest BCUT2D eigenvalue weighted by atomic mass is 16.3. The Morgan fingerprint density at radius 3 is 2.07 bits per heavy atom. The van der Waals surface area contributed by atoms with Crippen LogP contribution in [0, 0.1) is 0 Å². The molecule has 2 unspecified atom stereocenters. The summed E-state index contributed by atoms with van der Waals surface area (Å²) in [6, 6.07) is 15.1. The second-order valence-electron chi connectivity index (χ2n) is 11.4. The molecule has 230 valence electrons. The number of nitrogens with two attached hydrogens (primary N) is 1. The van der Waals surface area contributed by atoms with Crippen molar-refractivity contribution >= 4 is 29.6 Å². The van der Waals surface area contributed by atoms with Gasteiger partial charge in [0.25, 0.3) is 0 Å². The maximum atomic E-state index is 13.5. The fourth-order valence-electron chi connectivity index (χ4n) is 4.24. The van der Waals surface area contributed by atoms with Crippen LogP contribution >= 0.6 is 0 Å². The highest BCUT2D eigenvalue weighted by Gasteiger charge is 2.31. The van der Waals surface area contributed by atoms with Gasteiger partial charge in [0.15, 0.2) is 0 Å². The molecule has 11 heteroatoms. The number of aliphatic hydroxyl groups is 1. The number of primary amides is 1. The molecule has 0 fully saturated rings. The van der Waals surface area contributed by atoms with Gasteiger partial charge in [-0.2, -0.15) is 0 Å². The number of amides is 6. The van der Waals surface area contributed by atoms with Crippen LogP contribution in [-0.4, -0.2) is 77.7 Å². The zero-order valence-corrected chi connectivity index (χ0v) is 25.3. The molecule has 3 atom stereocenters. The van der Waals surface area contributed by atoms with Crippen LogP contribution in [0.5, 0.6) is 0 Å². The van der Waals surface area contributed by atoms with Gasteiger partial charge in [-0.3, -0.25) is 14.5 Å². The zero-order chi connectivity index (χ0) is 31.3. The number of benzene rings is 2. The lowest BCUT2D eigenvalue weighted by atomic mass is 9.99. The topological polar surface area (TPSA) is 157 Å². The van der Waals surface area contributed by atoms with Crippen molar-refractivity contribution in [3.05, 3.63) is 66.2 Å². The van der Waals surface area contributed by atoms with Gasteiger partial charge in [-0.05, 0) is 51.3 Å². The molecule has 0 heterocycles. The van der Waals surface area contributed by atoms with Crippen molar-refractivity contribution in [1.82, 2.24) is 20.9 Å². The molecule has 11 nitrogen and oxygen atoms in total. The number of rotatable bonds is 14. The second kappa shape index (κ2) is 16.4. The summed E-state index contributed by atoms with van der Waals surface area (Å²) in [4.78, 5) is 54.2. The molecule has 0 saturated heterocycles. The third-order valence-corrected chi connectivity index (χ3v) is 6.52. The number of hydrogen-bond acceptors (Lipinski definition) is 5. The number of urea groups is 2. The van der Waals surface area contributed by atoms with Gasteiger partial charge in [-0.15, -0.1) is 0 Å². The molecule has 0 bridgehead atoms. The summed E-state index contributed by atoms with van der Waals surface area (Å²) in [5.41, 5.74) is 6.38. The molecular formula is C31H46N6O5. The molecule has 0 aromatic heterocycles. The van der Waals surface area contributed by atoms with Gasteiger partial charge < -0.3 is 31.7 Å². The Bertz CT molecular complexity index is 1160. The predicted molar refractivity (Wildman–Crippen MR) is 164 cm³/mol. The third kappa shape index (κ3) is 11.8. The largest absolute Gasteiger partial charge is 0.389 e. The molecule has 6 amide bonds. The molecule has 0 aliphatic carbocycles. The summed E-state index contributed by atoms with van der Waals surface area (Å²) in [5.74, 6) is -1.45. The first-order valence-electron chi connectivity index (χ1n) is 14.3. The van der Waals surface area contributed by atoms with Crippen LogP contribution in [0.1, 0.15) is 52.5 Å². The van der Waals surface area contributed by atoms with E-state index in [-0.39, 0.29) is 19.0 Å². The number of nitrogens with one attached hydrogen (secondary N) is 3. The summed E-state index contributed by atoms with van der Waals surface area (Å²) in [5, 5.41) is 19.7. The average Bonchev–Trinajstić information content (AvgIpc) is 2.93. The van der Waals surface area contributed by atoms with Crippen LogP contribution in [0.4, 0.5) is 15.3 Å². The van der Waals surface area contributed by atoms with Crippen LogP contribution < -0.4 is 26.6 Å². The molecule has 2 rings (SSSR count). The highest BCUT2D eigenvalue weighted by molar-refractivity contribution is 5.96. The molecule has 6 N–H and O–H groups in total. The minimum atomic E-state index is -1.29. The number of unbranched alkanes of at least 4 members (excludes halogenated alkanes) is 1. The van der Waals surface area contributed by atoms with E-state index >= 15 is 0 Å². The molecule has 0 aliphatic heterocycles. The van der Waals surface area contributed by atoms with Crippen LogP contribution in [0.3, 0.4) is 0 Å². The van der Waals surface area contributed by atoms with E-state index in [9.17, 15) is 24.3 Å². The summed E-state index contributed by atoms with van der Waals surface area (Å²) >= 11 is 0. The van der Waals surface area contributed by atoms with Crippen molar-refractivity contribution in [2.24, 2.45) is 5.73 Å². The lowest BCUT2D eigenvalue weighted by Gasteiger charge is -2.33. The molecule has 0 saturated carbocycles. The van der Waals surface area contributed by atoms with Gasteiger partial charge in [-0.25, -0.2) is 9.59 Å². The van der Waals surface area contributed by atoms with Crippen LogP contribution in [0.2, 0.25) is 0 Å². The SMILES string of the molecule is CCCCN(CC(O)[C@H](Cc1ccccc1)NC(=O)C(CC(N)=O)NC(=O)N(C)c1ccccc1)C(=O)NC(C)(C)C. The minimum Gasteiger partial charge on any atom is -0.389 e. The number of anilines is 1. The molecule has 0 aliphatic rings. The van der Waals surface area contributed by atoms with Gasteiger partial charge in [0.05, 0.1) is 25.1 Å². The monoisotopic (exact) mass is 582 g/mol. The minimum absolute atomic E-state index is 0.0384. The van der Waals surface area contributed by atoms with Gasteiger partial charge in [0.1, 0.15) is 6.04 Å². The summed E-state index contributed by atoms with van der Waals surface area (Å²) in [6.45, 7) is 8.02. The van der Waals surface area contributed by atoms with Crippen LogP contribution in [0.15, 0.2) is 60.7 Å². The Morgan fingerprint density at radius 2 is 1.52 bits per heavy atom. The number of aliphatic hydroxyl groups excluding tert-OH is 1. The zero-order valence-electron chi connectivity index (χ0n) is 25.3. The molecule has 2 aromatic carbocycles. The lowest BCUT2D eigenvalue weighted by Crippen LogP contribution is -2.58. The van der Waals surface area contributed by atoms with Crippen molar-refractivity contribution < 1.29 is 24.3 Å². The van der Waals surface area contributed by atoms with Crippen molar-refractivity contribution in [1.29, 1.82) is 0 Å². The predicted octanol–water partition coefficient (Wildman–Crippen LogP) is 2.78. The van der Waals surface area contributed by atoms with E-state index < -0.39 is 48.0 Å². The number of hydrogen-bond donors (Lipinski definition) is 5. The molecule has 0 radical (unpaired) electrons. The fourth-order valence-corrected chi connectivity index (χ4v) is 4.24. The Morgan fingerprint density at radius 1 is 0.929 bits per heavy atom. The van der Waals surface area contributed by atoms with Crippen molar-refractivity contribution in [2.75, 3.05) is 25.0 Å². The number of carbonyl (C=O) groups excluding carboxylic acids is 4. The van der Waals surface area contributed by atoms with E-state index in [0.29, 0.717) is 12.2 Å². The Kier molecular flexibility index (Phi) is 13.3. The van der Waals surface area contributed by atoms with Crippen molar-refractivity contribution in [2.45, 2.75) is 77.1 Å². The Balaban J connectivity index is 2.27. The van der Waals surface area contributed by atoms with Crippen molar-refractivity contribution in [3.8, 4) is 0 Å². The molecule has 0 spiro atoms. The van der Waals surface area contributed by atoms with Gasteiger partial charge in [-0.1, -0.05) is 61.9 Å². The summed E-state index contributed by atoms with van der Waals surface area (Å²) in [7, 11) is 1.54. The Labute approximate surface area is 248 Å². The Hall–Kier alpha value is -4.12. The number of carbonyl (C=O) groups is 4. The maximum absolute atomic E-state index is 13.5. The van der Waals surface area contributed by atoms with Gasteiger partial charge in [0, 0.05) is 24.8 Å². The van der Waals surface area contributed by atoms with E-state index in [1.165, 1.54) is 4.90 Å². The van der Waals surface area contributed by atoms with E-state index in [1.807, 2.05) is 64.1 Å². The van der Waals surface area contributed by atoms with E-state index in [0.717, 1.165) is 18.4 Å². The fraction of sp³-hybridized carbons (Fsp3) is 0.484. The number of nitrogens with zero attached hydrogens (tertiary/aromatic N) is 2. The third-order valence-electron chi connectivity index (χ3n) is 6.52. The van der Waals surface area contributed by atoms with E-state index in [2.05, 4.69) is 16.0 Å².